The summed E-state index contributed by atoms with van der Waals surface area (Å²) < 4.78 is 22.8. The minimum Gasteiger partial charge on any atom is -0.488 e. The van der Waals surface area contributed by atoms with Gasteiger partial charge in [-0.05, 0) is 117 Å². The number of benzene rings is 2. The van der Waals surface area contributed by atoms with Gasteiger partial charge >= 0.3 is 5.97 Å². The molecule has 0 unspecified atom stereocenters. The first kappa shape index (κ1) is 29.0. The Kier molecular flexibility index (Phi) is 9.00. The number of ketones is 1. The Labute approximate surface area is 215 Å². The van der Waals surface area contributed by atoms with Gasteiger partial charge in [0.25, 0.3) is 0 Å². The fourth-order valence-electron chi connectivity index (χ4n) is 3.02. The summed E-state index contributed by atoms with van der Waals surface area (Å²) in [5.41, 5.74) is 0.888. The van der Waals surface area contributed by atoms with Crippen LogP contribution >= 0.6 is 0 Å². The molecule has 2 rings (SSSR count). The second kappa shape index (κ2) is 11.2. The van der Waals surface area contributed by atoms with E-state index in [-0.39, 0.29) is 24.1 Å². The van der Waals surface area contributed by atoms with Crippen molar-refractivity contribution in [2.24, 2.45) is 5.41 Å². The maximum atomic E-state index is 12.8. The number of hydrogen-bond donors (Lipinski definition) is 0. The summed E-state index contributed by atoms with van der Waals surface area (Å²) in [4.78, 5) is 24.6. The Hall–Kier alpha value is -3.28. The van der Waals surface area contributed by atoms with Gasteiger partial charge < -0.3 is 18.9 Å². The van der Waals surface area contributed by atoms with Crippen LogP contribution in [-0.2, 0) is 9.53 Å². The molecule has 0 bridgehead atoms. The number of allylic oxidation sites excluding steroid dienone is 1. The van der Waals surface area contributed by atoms with Crippen molar-refractivity contribution in [1.82, 2.24) is 0 Å². The Bertz CT molecular complexity index is 1090. The zero-order chi connectivity index (χ0) is 27.3. The first-order valence-electron chi connectivity index (χ1n) is 12.1. The molecule has 0 spiro atoms. The summed E-state index contributed by atoms with van der Waals surface area (Å²) in [6.07, 6.45) is 3.28. The van der Waals surface area contributed by atoms with Crippen LogP contribution in [0.3, 0.4) is 0 Å². The second-order valence-electron chi connectivity index (χ2n) is 11.8. The van der Waals surface area contributed by atoms with Gasteiger partial charge in [-0.1, -0.05) is 0 Å². The second-order valence-corrected chi connectivity index (χ2v) is 11.8. The van der Waals surface area contributed by atoms with E-state index in [4.69, 9.17) is 18.9 Å². The van der Waals surface area contributed by atoms with Gasteiger partial charge in [-0.25, -0.2) is 0 Å². The van der Waals surface area contributed by atoms with Crippen molar-refractivity contribution in [1.29, 1.82) is 0 Å². The molecule has 0 amide bonds. The number of carbonyl (C=O) groups is 2. The summed E-state index contributed by atoms with van der Waals surface area (Å²) in [5, 5.41) is 0. The molecule has 196 valence electrons. The summed E-state index contributed by atoms with van der Waals surface area (Å²) in [6.45, 7) is 19.0. The van der Waals surface area contributed by atoms with Crippen LogP contribution in [0.15, 0.2) is 42.5 Å². The van der Waals surface area contributed by atoms with Crippen LogP contribution in [0.25, 0.3) is 6.08 Å². The quantitative estimate of drug-likeness (QED) is 0.167. The molecule has 0 saturated carbocycles. The molecule has 0 atom stereocenters. The minimum absolute atomic E-state index is 0.157. The van der Waals surface area contributed by atoms with Crippen LogP contribution in [0.2, 0.25) is 0 Å². The van der Waals surface area contributed by atoms with Crippen molar-refractivity contribution in [3.63, 3.8) is 0 Å². The first-order valence-corrected chi connectivity index (χ1v) is 12.1. The van der Waals surface area contributed by atoms with E-state index in [2.05, 4.69) is 0 Å². The highest BCUT2D eigenvalue weighted by atomic mass is 16.7. The van der Waals surface area contributed by atoms with E-state index >= 15 is 0 Å². The number of aryl methyl sites for hydroxylation is 1. The van der Waals surface area contributed by atoms with Gasteiger partial charge in [-0.15, -0.1) is 0 Å². The Morgan fingerprint density at radius 1 is 0.806 bits per heavy atom. The molecule has 0 aliphatic carbocycles. The third-order valence-electron chi connectivity index (χ3n) is 4.72. The largest absolute Gasteiger partial charge is 0.488 e. The van der Waals surface area contributed by atoms with E-state index in [1.54, 1.807) is 51.1 Å². The fraction of sp³-hybridized carbons (Fsp3) is 0.467. The summed E-state index contributed by atoms with van der Waals surface area (Å²) in [6, 6.07) is 10.5. The predicted octanol–water partition coefficient (Wildman–Crippen LogP) is 7.17. The monoisotopic (exact) mass is 496 g/mol. The Morgan fingerprint density at radius 3 is 1.89 bits per heavy atom. The third kappa shape index (κ3) is 9.40. The van der Waals surface area contributed by atoms with Crippen LogP contribution in [0.4, 0.5) is 0 Å². The molecule has 0 heterocycles. The number of hydrogen-bond acceptors (Lipinski definition) is 6. The fourth-order valence-corrected chi connectivity index (χ4v) is 3.02. The maximum Gasteiger partial charge on any atom is 0.314 e. The molecule has 0 aliphatic rings. The van der Waals surface area contributed by atoms with Gasteiger partial charge in [0.15, 0.2) is 5.78 Å². The summed E-state index contributed by atoms with van der Waals surface area (Å²) >= 11 is 0. The van der Waals surface area contributed by atoms with Gasteiger partial charge in [0.1, 0.15) is 28.5 Å². The van der Waals surface area contributed by atoms with Gasteiger partial charge in [-0.2, -0.15) is 0 Å². The molecule has 2 aromatic rings. The van der Waals surface area contributed by atoms with Crippen molar-refractivity contribution in [3.8, 4) is 17.2 Å². The van der Waals surface area contributed by atoms with Crippen LogP contribution in [0.5, 0.6) is 17.2 Å². The average Bonchev–Trinajstić information content (AvgIpc) is 2.72. The molecular formula is C30H40O6. The molecule has 0 radical (unpaired) electrons. The van der Waals surface area contributed by atoms with E-state index in [1.807, 2.05) is 60.6 Å². The van der Waals surface area contributed by atoms with Crippen molar-refractivity contribution in [2.75, 3.05) is 6.79 Å². The minimum atomic E-state index is -0.595. The summed E-state index contributed by atoms with van der Waals surface area (Å²) in [7, 11) is 0. The van der Waals surface area contributed by atoms with Crippen LogP contribution in [0.1, 0.15) is 83.8 Å². The van der Waals surface area contributed by atoms with Gasteiger partial charge in [-0.3, -0.25) is 9.59 Å². The van der Waals surface area contributed by atoms with Gasteiger partial charge in [0, 0.05) is 17.2 Å². The lowest BCUT2D eigenvalue weighted by Gasteiger charge is -2.26. The van der Waals surface area contributed by atoms with Gasteiger partial charge in [0.05, 0.1) is 5.41 Å². The van der Waals surface area contributed by atoms with Crippen molar-refractivity contribution in [3.05, 3.63) is 59.2 Å². The molecule has 0 saturated heterocycles. The molecule has 0 fully saturated rings. The highest BCUT2D eigenvalue weighted by molar-refractivity contribution is 6.07. The van der Waals surface area contributed by atoms with Crippen molar-refractivity contribution >= 4 is 17.8 Å². The van der Waals surface area contributed by atoms with E-state index in [0.717, 1.165) is 16.9 Å². The maximum absolute atomic E-state index is 12.8. The highest BCUT2D eigenvalue weighted by Gasteiger charge is 2.23. The molecule has 6 nitrogen and oxygen atoms in total. The zero-order valence-electron chi connectivity index (χ0n) is 23.3. The lowest BCUT2D eigenvalue weighted by molar-refractivity contribution is -0.159. The predicted molar refractivity (Wildman–Crippen MR) is 143 cm³/mol. The average molecular weight is 497 g/mol. The number of rotatable bonds is 8. The smallest absolute Gasteiger partial charge is 0.314 e. The molecule has 0 N–H and O–H groups in total. The van der Waals surface area contributed by atoms with Crippen LogP contribution < -0.4 is 14.2 Å². The first-order chi connectivity index (χ1) is 16.4. The molecule has 6 heteroatoms. The van der Waals surface area contributed by atoms with Crippen LogP contribution in [0, 0.1) is 12.3 Å². The number of carbonyl (C=O) groups excluding carboxylic acids is 2. The number of esters is 1. The summed E-state index contributed by atoms with van der Waals surface area (Å²) in [5.74, 6) is 1.39. The molecular weight excluding hydrogens is 456 g/mol. The van der Waals surface area contributed by atoms with E-state index in [1.165, 1.54) is 6.08 Å². The Balaban J connectivity index is 2.16. The van der Waals surface area contributed by atoms with E-state index < -0.39 is 11.0 Å². The van der Waals surface area contributed by atoms with Gasteiger partial charge in [0.2, 0.25) is 6.79 Å². The SMILES string of the molecule is Cc1cc(/C=C/C(=O)c2ccc(OCOC(=O)C(C)(C)C)cc2)c(OC(C)(C)C)cc1OC(C)(C)C. The number of ether oxygens (including phenoxy) is 4. The van der Waals surface area contributed by atoms with E-state index in [9.17, 15) is 9.59 Å². The molecule has 0 aliphatic heterocycles. The normalized spacial score (nSPS) is 12.4. The van der Waals surface area contributed by atoms with Crippen molar-refractivity contribution < 1.29 is 28.5 Å². The third-order valence-corrected chi connectivity index (χ3v) is 4.72. The zero-order valence-corrected chi connectivity index (χ0v) is 23.3. The van der Waals surface area contributed by atoms with Crippen molar-refractivity contribution in [2.45, 2.75) is 80.4 Å². The van der Waals surface area contributed by atoms with E-state index in [0.29, 0.717) is 17.1 Å². The van der Waals surface area contributed by atoms with Crippen LogP contribution in [-0.4, -0.2) is 29.7 Å². The molecule has 0 aromatic heterocycles. The highest BCUT2D eigenvalue weighted by Crippen LogP contribution is 2.34. The molecule has 2 aromatic carbocycles. The topological polar surface area (TPSA) is 71.1 Å². The Morgan fingerprint density at radius 2 is 1.36 bits per heavy atom. The lowest BCUT2D eigenvalue weighted by Crippen LogP contribution is -2.25. The molecule has 36 heavy (non-hydrogen) atoms. The standard InChI is InChI=1S/C30H40O6/c1-20-17-22(26(36-30(8,9)10)18-25(20)35-29(5,6)7)13-16-24(31)21-11-14-23(15-12-21)33-19-34-27(32)28(2,3)4/h11-18H,19H2,1-10H3/b16-13+. The lowest BCUT2D eigenvalue weighted by atomic mass is 9.98.